The normalized spacial score (nSPS) is 16.3. The minimum absolute atomic E-state index is 0. The Labute approximate surface area is 92.7 Å². The molecule has 3 N–H and O–H groups in total. The Morgan fingerprint density at radius 1 is 1.33 bits per heavy atom. The van der Waals surface area contributed by atoms with Gasteiger partial charge in [0, 0.05) is 0 Å². The van der Waals surface area contributed by atoms with Crippen molar-refractivity contribution in [1.82, 2.24) is 0 Å². The number of hydrogen-bond acceptors (Lipinski definition) is 4. The summed E-state index contributed by atoms with van der Waals surface area (Å²) < 4.78 is 27.9. The summed E-state index contributed by atoms with van der Waals surface area (Å²) in [5.41, 5.74) is 0. The zero-order chi connectivity index (χ0) is 9.12. The number of phosphoric ester groups is 1. The van der Waals surface area contributed by atoms with E-state index in [2.05, 4.69) is 8.83 Å². The quantitative estimate of drug-likeness (QED) is 0.357. The SMILES string of the molecule is CCOP(=O)(O)OP(=O)(O)O.[H-].[Na+]. The van der Waals surface area contributed by atoms with Gasteiger partial charge in [-0.2, -0.15) is 4.31 Å². The van der Waals surface area contributed by atoms with Crippen LogP contribution < -0.4 is 29.6 Å². The summed E-state index contributed by atoms with van der Waals surface area (Å²) in [7, 11) is -9.53. The number of hydrogen-bond donors (Lipinski definition) is 3. The molecule has 0 heterocycles. The summed E-state index contributed by atoms with van der Waals surface area (Å²) in [4.78, 5) is 24.6. The first-order valence-electron chi connectivity index (χ1n) is 2.51. The molecule has 0 rings (SSSR count). The molecule has 0 aromatic rings. The van der Waals surface area contributed by atoms with Gasteiger partial charge in [-0.3, -0.25) is 4.52 Å². The van der Waals surface area contributed by atoms with Crippen LogP contribution in [0.1, 0.15) is 8.35 Å². The van der Waals surface area contributed by atoms with E-state index in [0.29, 0.717) is 0 Å². The first kappa shape index (κ1) is 15.7. The summed E-state index contributed by atoms with van der Waals surface area (Å²) in [5, 5.41) is 0. The second-order valence-corrected chi connectivity index (χ2v) is 4.29. The third-order valence-electron chi connectivity index (χ3n) is 0.502. The molecule has 1 unspecified atom stereocenters. The van der Waals surface area contributed by atoms with Crippen LogP contribution in [0.25, 0.3) is 0 Å². The molecule has 0 amide bonds. The van der Waals surface area contributed by atoms with Crippen molar-refractivity contribution in [2.75, 3.05) is 6.61 Å². The van der Waals surface area contributed by atoms with E-state index in [1.807, 2.05) is 0 Å². The molecular weight excluding hydrogens is 221 g/mol. The van der Waals surface area contributed by atoms with Gasteiger partial charge in [0.05, 0.1) is 6.61 Å². The van der Waals surface area contributed by atoms with Crippen molar-refractivity contribution in [3.63, 3.8) is 0 Å². The third-order valence-corrected chi connectivity index (χ3v) is 2.76. The van der Waals surface area contributed by atoms with Crippen molar-refractivity contribution in [2.45, 2.75) is 6.92 Å². The van der Waals surface area contributed by atoms with Crippen LogP contribution in [0, 0.1) is 0 Å². The maximum absolute atomic E-state index is 10.4. The Hall–Kier alpha value is 1.26. The molecule has 12 heavy (non-hydrogen) atoms. The van der Waals surface area contributed by atoms with E-state index in [0.717, 1.165) is 0 Å². The topological polar surface area (TPSA) is 113 Å². The molecule has 0 aliphatic carbocycles. The molecule has 10 heteroatoms. The van der Waals surface area contributed by atoms with Crippen LogP contribution in [-0.4, -0.2) is 21.3 Å². The predicted molar refractivity (Wildman–Crippen MR) is 35.7 cm³/mol. The molecule has 0 aliphatic rings. The summed E-state index contributed by atoms with van der Waals surface area (Å²) in [5.74, 6) is 0. The first-order chi connectivity index (χ1) is 4.77. The molecule has 0 radical (unpaired) electrons. The van der Waals surface area contributed by atoms with Crippen LogP contribution in [0.4, 0.5) is 0 Å². The maximum Gasteiger partial charge on any atom is 1.00 e. The largest absolute Gasteiger partial charge is 1.00 e. The third kappa shape index (κ3) is 9.35. The van der Waals surface area contributed by atoms with Crippen LogP contribution in [0.5, 0.6) is 0 Å². The maximum atomic E-state index is 10.4. The fourth-order valence-corrected chi connectivity index (χ4v) is 1.91. The van der Waals surface area contributed by atoms with E-state index in [1.165, 1.54) is 6.92 Å². The zero-order valence-electron chi connectivity index (χ0n) is 7.58. The van der Waals surface area contributed by atoms with Crippen molar-refractivity contribution in [1.29, 1.82) is 0 Å². The van der Waals surface area contributed by atoms with Gasteiger partial charge in [-0.25, -0.2) is 9.13 Å². The van der Waals surface area contributed by atoms with Crippen LogP contribution in [0.15, 0.2) is 0 Å². The zero-order valence-corrected chi connectivity index (χ0v) is 10.4. The molecule has 0 aromatic heterocycles. The van der Waals surface area contributed by atoms with Crippen molar-refractivity contribution in [3.8, 4) is 0 Å². The molecule has 0 spiro atoms. The van der Waals surface area contributed by atoms with Gasteiger partial charge >= 0.3 is 45.2 Å². The van der Waals surface area contributed by atoms with Crippen LogP contribution >= 0.6 is 15.6 Å². The fraction of sp³-hybridized carbons (Fsp3) is 1.00. The van der Waals surface area contributed by atoms with Crippen molar-refractivity contribution in [2.24, 2.45) is 0 Å². The molecule has 0 aromatic carbocycles. The molecular formula is C2H9NaO7P2. The summed E-state index contributed by atoms with van der Waals surface area (Å²) >= 11 is 0. The van der Waals surface area contributed by atoms with Crippen molar-refractivity contribution >= 4 is 15.6 Å². The van der Waals surface area contributed by atoms with Crippen LogP contribution in [0.2, 0.25) is 0 Å². The van der Waals surface area contributed by atoms with Crippen molar-refractivity contribution < 1.29 is 63.6 Å². The van der Waals surface area contributed by atoms with E-state index in [-0.39, 0.29) is 37.6 Å². The minimum Gasteiger partial charge on any atom is -1.00 e. The number of rotatable bonds is 4. The molecule has 7 nitrogen and oxygen atoms in total. The molecule has 0 saturated carbocycles. The van der Waals surface area contributed by atoms with E-state index < -0.39 is 15.6 Å². The van der Waals surface area contributed by atoms with Crippen molar-refractivity contribution in [3.05, 3.63) is 0 Å². The molecule has 0 bridgehead atoms. The van der Waals surface area contributed by atoms with Crippen LogP contribution in [0.3, 0.4) is 0 Å². The van der Waals surface area contributed by atoms with E-state index in [4.69, 9.17) is 14.7 Å². The summed E-state index contributed by atoms with van der Waals surface area (Å²) in [6.07, 6.45) is 0. The van der Waals surface area contributed by atoms with E-state index >= 15 is 0 Å². The van der Waals surface area contributed by atoms with Gasteiger partial charge in [0.15, 0.2) is 0 Å². The Morgan fingerprint density at radius 2 is 1.75 bits per heavy atom. The number of phosphoric acid groups is 2. The molecule has 0 fully saturated rings. The standard InChI is InChI=1S/C2H8O7P2.Na.H/c1-2-8-11(6,7)9-10(3,4)5;;/h2H2,1H3,(H,6,7)(H2,3,4,5);;/q;+1;-1. The Kier molecular flexibility index (Phi) is 7.70. The van der Waals surface area contributed by atoms with Gasteiger partial charge in [0.25, 0.3) is 0 Å². The van der Waals surface area contributed by atoms with E-state index in [1.54, 1.807) is 0 Å². The molecule has 0 aliphatic heterocycles. The summed E-state index contributed by atoms with van der Waals surface area (Å²) in [6, 6.07) is 0. The average Bonchev–Trinajstić information content (AvgIpc) is 1.55. The fourth-order valence-electron chi connectivity index (χ4n) is 0.321. The van der Waals surface area contributed by atoms with Gasteiger partial charge in [-0.15, -0.1) is 0 Å². The predicted octanol–water partition coefficient (Wildman–Crippen LogP) is -2.65. The van der Waals surface area contributed by atoms with Crippen LogP contribution in [-0.2, 0) is 18.0 Å². The summed E-state index contributed by atoms with van der Waals surface area (Å²) in [6.45, 7) is 1.21. The smallest absolute Gasteiger partial charge is 1.00 e. The second kappa shape index (κ2) is 5.88. The van der Waals surface area contributed by atoms with Gasteiger partial charge in [0.2, 0.25) is 0 Å². The molecule has 1 atom stereocenters. The van der Waals surface area contributed by atoms with Gasteiger partial charge in [0.1, 0.15) is 0 Å². The Bertz CT molecular complexity index is 215. The molecule has 0 saturated heterocycles. The second-order valence-electron chi connectivity index (χ2n) is 1.46. The van der Waals surface area contributed by atoms with Gasteiger partial charge in [-0.1, -0.05) is 0 Å². The Balaban J connectivity index is -0.000000500. The minimum atomic E-state index is -4.96. The van der Waals surface area contributed by atoms with E-state index in [9.17, 15) is 9.13 Å². The molecule has 70 valence electrons. The monoisotopic (exact) mass is 230 g/mol. The van der Waals surface area contributed by atoms with Gasteiger partial charge in [-0.05, 0) is 6.92 Å². The van der Waals surface area contributed by atoms with Gasteiger partial charge < -0.3 is 16.1 Å². The first-order valence-corrected chi connectivity index (χ1v) is 5.53. The average molecular weight is 230 g/mol. The Morgan fingerprint density at radius 3 is 2.00 bits per heavy atom.